The number of carbonyl (C=O) groups excluding carboxylic acids is 2. The van der Waals surface area contributed by atoms with Crippen molar-refractivity contribution in [2.45, 2.75) is 33.3 Å². The van der Waals surface area contributed by atoms with Crippen LogP contribution < -0.4 is 9.47 Å². The number of epoxide rings is 1. The lowest BCUT2D eigenvalue weighted by Crippen LogP contribution is -2.22. The average molecular weight is 364 g/mol. The fourth-order valence-corrected chi connectivity index (χ4v) is 2.30. The van der Waals surface area contributed by atoms with Gasteiger partial charge in [-0.05, 0) is 38.5 Å². The van der Waals surface area contributed by atoms with Crippen molar-refractivity contribution >= 4 is 11.9 Å². The van der Waals surface area contributed by atoms with E-state index in [0.717, 1.165) is 5.56 Å². The Balaban J connectivity index is 2.40. The zero-order chi connectivity index (χ0) is 19.3. The van der Waals surface area contributed by atoms with E-state index in [0.29, 0.717) is 29.2 Å². The monoisotopic (exact) mass is 364 g/mol. The number of carbonyl (C=O) groups is 2. The van der Waals surface area contributed by atoms with Crippen LogP contribution in [-0.4, -0.2) is 39.1 Å². The molecule has 1 fully saturated rings. The molecule has 7 heteroatoms. The van der Waals surface area contributed by atoms with Gasteiger partial charge in [0.15, 0.2) is 12.4 Å². The van der Waals surface area contributed by atoms with Crippen LogP contribution in [0.5, 0.6) is 11.5 Å². The zero-order valence-corrected chi connectivity index (χ0v) is 15.7. The van der Waals surface area contributed by atoms with Crippen LogP contribution in [0.3, 0.4) is 0 Å². The maximum Gasteiger partial charge on any atom is 0.338 e. The molecule has 0 bridgehead atoms. The molecule has 142 valence electrons. The first-order valence-electron chi connectivity index (χ1n) is 8.22. The van der Waals surface area contributed by atoms with Crippen LogP contribution in [0.15, 0.2) is 23.8 Å². The molecule has 1 saturated heterocycles. The Morgan fingerprint density at radius 3 is 2.50 bits per heavy atom. The van der Waals surface area contributed by atoms with Gasteiger partial charge in [-0.25, -0.2) is 4.79 Å². The molecule has 1 aromatic carbocycles. The Kier molecular flexibility index (Phi) is 6.39. The molecule has 1 heterocycles. The Morgan fingerprint density at radius 2 is 1.96 bits per heavy atom. The number of hydrogen-bond acceptors (Lipinski definition) is 7. The number of hydrogen-bond donors (Lipinski definition) is 0. The van der Waals surface area contributed by atoms with Gasteiger partial charge in [-0.1, -0.05) is 6.08 Å². The Labute approximate surface area is 152 Å². The fourth-order valence-electron chi connectivity index (χ4n) is 2.30. The quantitative estimate of drug-likeness (QED) is 0.230. The summed E-state index contributed by atoms with van der Waals surface area (Å²) in [5, 5.41) is 0. The minimum Gasteiger partial charge on any atom is -0.467 e. The van der Waals surface area contributed by atoms with Crippen molar-refractivity contribution in [3.63, 3.8) is 0 Å². The van der Waals surface area contributed by atoms with Crippen molar-refractivity contribution in [1.29, 1.82) is 0 Å². The molecule has 0 amide bonds. The van der Waals surface area contributed by atoms with Crippen molar-refractivity contribution in [3.8, 4) is 11.5 Å². The predicted molar refractivity (Wildman–Crippen MR) is 93.0 cm³/mol. The zero-order valence-electron chi connectivity index (χ0n) is 15.7. The van der Waals surface area contributed by atoms with Crippen molar-refractivity contribution in [3.05, 3.63) is 34.9 Å². The molecular weight excluding hydrogens is 340 g/mol. The highest BCUT2D eigenvalue weighted by Crippen LogP contribution is 2.46. The van der Waals surface area contributed by atoms with Gasteiger partial charge in [0.1, 0.15) is 18.1 Å². The van der Waals surface area contributed by atoms with Crippen LogP contribution in [0.2, 0.25) is 0 Å². The fraction of sp³-hybridized carbons (Fsp3) is 0.474. The van der Waals surface area contributed by atoms with E-state index in [-0.39, 0.29) is 13.4 Å². The largest absolute Gasteiger partial charge is 0.467 e. The van der Waals surface area contributed by atoms with E-state index in [9.17, 15) is 9.59 Å². The van der Waals surface area contributed by atoms with E-state index < -0.39 is 17.5 Å². The van der Waals surface area contributed by atoms with Crippen molar-refractivity contribution < 1.29 is 33.3 Å². The number of rotatable bonds is 8. The third kappa shape index (κ3) is 4.62. The van der Waals surface area contributed by atoms with Gasteiger partial charge in [0.2, 0.25) is 0 Å². The number of esters is 2. The van der Waals surface area contributed by atoms with E-state index in [2.05, 4.69) is 0 Å². The summed E-state index contributed by atoms with van der Waals surface area (Å²) in [5.41, 5.74) is 1.01. The van der Waals surface area contributed by atoms with Crippen molar-refractivity contribution in [1.82, 2.24) is 0 Å². The molecule has 2 rings (SSSR count). The summed E-state index contributed by atoms with van der Waals surface area (Å²) in [7, 11) is 1.53. The molecule has 7 nitrogen and oxygen atoms in total. The van der Waals surface area contributed by atoms with Gasteiger partial charge in [-0.3, -0.25) is 4.79 Å². The lowest BCUT2D eigenvalue weighted by atomic mass is 9.97. The molecule has 1 aliphatic rings. The lowest BCUT2D eigenvalue weighted by molar-refractivity contribution is -0.143. The summed E-state index contributed by atoms with van der Waals surface area (Å²) in [6, 6.07) is 3.44. The first kappa shape index (κ1) is 19.9. The van der Waals surface area contributed by atoms with Gasteiger partial charge >= 0.3 is 11.9 Å². The molecule has 26 heavy (non-hydrogen) atoms. The maximum absolute atomic E-state index is 12.2. The molecule has 0 aromatic heterocycles. The molecule has 1 unspecified atom stereocenters. The average Bonchev–Trinajstić information content (AvgIpc) is 3.39. The van der Waals surface area contributed by atoms with Crippen LogP contribution in [0.1, 0.15) is 31.9 Å². The summed E-state index contributed by atoms with van der Waals surface area (Å²) in [6.07, 6.45) is 1.67. The van der Waals surface area contributed by atoms with E-state index in [4.69, 9.17) is 23.7 Å². The van der Waals surface area contributed by atoms with E-state index in [1.165, 1.54) is 14.0 Å². The maximum atomic E-state index is 12.2. The van der Waals surface area contributed by atoms with Crippen LogP contribution >= 0.6 is 0 Å². The summed E-state index contributed by atoms with van der Waals surface area (Å²) in [6.45, 7) is 7.05. The van der Waals surface area contributed by atoms with Crippen LogP contribution in [0.25, 0.3) is 0 Å². The van der Waals surface area contributed by atoms with Gasteiger partial charge in [0.05, 0.1) is 6.61 Å². The Hall–Kier alpha value is -2.38. The summed E-state index contributed by atoms with van der Waals surface area (Å²) < 4.78 is 26.8. The van der Waals surface area contributed by atoms with Crippen LogP contribution in [0, 0.1) is 6.92 Å². The molecule has 0 aliphatic carbocycles. The predicted octanol–water partition coefficient (Wildman–Crippen LogP) is 2.64. The van der Waals surface area contributed by atoms with Crippen molar-refractivity contribution in [2.24, 2.45) is 0 Å². The van der Waals surface area contributed by atoms with Crippen LogP contribution in [-0.2, 0) is 29.4 Å². The summed E-state index contributed by atoms with van der Waals surface area (Å²) >= 11 is 0. The normalized spacial score (nSPS) is 19.0. The topological polar surface area (TPSA) is 83.6 Å². The lowest BCUT2D eigenvalue weighted by Gasteiger charge is -2.19. The number of aryl methyl sites for hydroxylation is 1. The van der Waals surface area contributed by atoms with Gasteiger partial charge < -0.3 is 23.7 Å². The van der Waals surface area contributed by atoms with E-state index in [1.54, 1.807) is 32.1 Å². The number of methoxy groups -OCH3 is 1. The standard InChI is InChI=1S/C19H24O7/c1-6-12(2)18(21)26-17-7-13(3)16(24-11-22-5)8-15(17)19(10-25-19)9-23-14(4)20/h6-8H,9-11H2,1-5H3/b12-6+. The summed E-state index contributed by atoms with van der Waals surface area (Å²) in [5.74, 6) is 0.0540. The number of ether oxygens (including phenoxy) is 5. The molecule has 0 saturated carbocycles. The van der Waals surface area contributed by atoms with Gasteiger partial charge in [0.25, 0.3) is 0 Å². The molecule has 0 radical (unpaired) electrons. The number of benzene rings is 1. The minimum absolute atomic E-state index is 0.0300. The Bertz CT molecular complexity index is 717. The number of allylic oxidation sites excluding steroid dienone is 1. The molecular formula is C19H24O7. The van der Waals surface area contributed by atoms with E-state index >= 15 is 0 Å². The highest BCUT2D eigenvalue weighted by Gasteiger charge is 2.50. The minimum atomic E-state index is -0.843. The molecule has 0 N–H and O–H groups in total. The second-order valence-corrected chi connectivity index (χ2v) is 6.09. The molecule has 1 atom stereocenters. The van der Waals surface area contributed by atoms with E-state index in [1.807, 2.05) is 6.92 Å². The highest BCUT2D eigenvalue weighted by atomic mass is 16.7. The van der Waals surface area contributed by atoms with Gasteiger partial charge in [0, 0.05) is 25.2 Å². The second-order valence-electron chi connectivity index (χ2n) is 6.09. The third-order valence-corrected chi connectivity index (χ3v) is 4.06. The van der Waals surface area contributed by atoms with Gasteiger partial charge in [-0.15, -0.1) is 0 Å². The molecule has 1 aromatic rings. The first-order valence-corrected chi connectivity index (χ1v) is 8.22. The van der Waals surface area contributed by atoms with Crippen molar-refractivity contribution in [2.75, 3.05) is 27.1 Å². The van der Waals surface area contributed by atoms with Crippen LogP contribution in [0.4, 0.5) is 0 Å². The SMILES string of the molecule is C/C=C(\C)C(=O)Oc1cc(C)c(OCOC)cc1C1(COC(C)=O)CO1. The Morgan fingerprint density at radius 1 is 1.27 bits per heavy atom. The second kappa shape index (κ2) is 8.33. The molecule has 0 spiro atoms. The first-order chi connectivity index (χ1) is 12.3. The molecule has 1 aliphatic heterocycles. The smallest absolute Gasteiger partial charge is 0.338 e. The van der Waals surface area contributed by atoms with Gasteiger partial charge in [-0.2, -0.15) is 0 Å². The third-order valence-electron chi connectivity index (χ3n) is 4.06. The highest BCUT2D eigenvalue weighted by molar-refractivity contribution is 5.89. The summed E-state index contributed by atoms with van der Waals surface area (Å²) in [4.78, 5) is 23.4.